The molecule has 0 radical (unpaired) electrons. The van der Waals surface area contributed by atoms with Crippen LogP contribution in [-0.2, 0) is 11.3 Å². The fourth-order valence-electron chi connectivity index (χ4n) is 2.14. The molecule has 2 rings (SSSR count). The highest BCUT2D eigenvalue weighted by Gasteiger charge is 2.26. The number of primary amides is 1. The number of hydrogen-bond acceptors (Lipinski definition) is 3. The zero-order valence-corrected chi connectivity index (χ0v) is 9.53. The molecule has 92 valence electrons. The van der Waals surface area contributed by atoms with Gasteiger partial charge in [-0.2, -0.15) is 0 Å². The van der Waals surface area contributed by atoms with Crippen LogP contribution in [0.25, 0.3) is 0 Å². The Morgan fingerprint density at radius 1 is 1.53 bits per heavy atom. The van der Waals surface area contributed by atoms with Crippen LogP contribution < -0.4 is 11.5 Å². The molecule has 0 aliphatic carbocycles. The van der Waals surface area contributed by atoms with Crippen LogP contribution in [0, 0.1) is 11.7 Å². The Hall–Kier alpha value is -1.62. The van der Waals surface area contributed by atoms with Crippen LogP contribution in [0.2, 0.25) is 0 Å². The first-order valence-electron chi connectivity index (χ1n) is 5.62. The molecular weight excluding hydrogens is 221 g/mol. The molecule has 0 spiro atoms. The molecule has 4 N–H and O–H groups in total. The number of anilines is 1. The fourth-order valence-corrected chi connectivity index (χ4v) is 2.14. The van der Waals surface area contributed by atoms with Crippen LogP contribution >= 0.6 is 0 Å². The number of halogens is 1. The minimum absolute atomic E-state index is 0.105. The standard InChI is InChI=1S/C12H16FN3O/c13-11-5-10(14)2-1-8(11)6-16-4-3-9(7-16)12(15)17/h1-2,5,9H,3-4,6-7,14H2,(H2,15,17). The van der Waals surface area contributed by atoms with Crippen LogP contribution in [0.5, 0.6) is 0 Å². The summed E-state index contributed by atoms with van der Waals surface area (Å²) >= 11 is 0. The van der Waals surface area contributed by atoms with E-state index in [9.17, 15) is 9.18 Å². The van der Waals surface area contributed by atoms with Crippen molar-refractivity contribution in [2.24, 2.45) is 11.7 Å². The predicted molar refractivity (Wildman–Crippen MR) is 63.4 cm³/mol. The van der Waals surface area contributed by atoms with E-state index in [2.05, 4.69) is 0 Å². The van der Waals surface area contributed by atoms with Crippen molar-refractivity contribution >= 4 is 11.6 Å². The molecule has 1 aliphatic rings. The molecule has 1 heterocycles. The van der Waals surface area contributed by atoms with Crippen molar-refractivity contribution in [2.75, 3.05) is 18.8 Å². The summed E-state index contributed by atoms with van der Waals surface area (Å²) < 4.78 is 13.6. The van der Waals surface area contributed by atoms with Gasteiger partial charge in [-0.3, -0.25) is 9.69 Å². The number of carbonyl (C=O) groups excluding carboxylic acids is 1. The summed E-state index contributed by atoms with van der Waals surface area (Å²) in [5.74, 6) is -0.676. The van der Waals surface area contributed by atoms with Crippen LogP contribution in [-0.4, -0.2) is 23.9 Å². The Balaban J connectivity index is 2.00. The van der Waals surface area contributed by atoms with Gasteiger partial charge in [0.05, 0.1) is 5.92 Å². The van der Waals surface area contributed by atoms with Crippen LogP contribution in [0.1, 0.15) is 12.0 Å². The molecule has 1 fully saturated rings. The van der Waals surface area contributed by atoms with E-state index in [1.807, 2.05) is 4.90 Å². The van der Waals surface area contributed by atoms with E-state index in [0.29, 0.717) is 24.3 Å². The number of nitrogens with zero attached hydrogens (tertiary/aromatic N) is 1. The smallest absolute Gasteiger partial charge is 0.221 e. The van der Waals surface area contributed by atoms with E-state index < -0.39 is 0 Å². The summed E-state index contributed by atoms with van der Waals surface area (Å²) in [5.41, 5.74) is 11.7. The summed E-state index contributed by atoms with van der Waals surface area (Å²) in [4.78, 5) is 13.0. The van der Waals surface area contributed by atoms with Crippen molar-refractivity contribution in [3.05, 3.63) is 29.6 Å². The lowest BCUT2D eigenvalue weighted by Crippen LogP contribution is -2.27. The molecule has 1 atom stereocenters. The van der Waals surface area contributed by atoms with Crippen molar-refractivity contribution in [1.82, 2.24) is 4.90 Å². The molecule has 0 aromatic heterocycles. The Kier molecular flexibility index (Phi) is 3.28. The number of benzene rings is 1. The maximum atomic E-state index is 13.6. The highest BCUT2D eigenvalue weighted by atomic mass is 19.1. The van der Waals surface area contributed by atoms with Crippen molar-refractivity contribution < 1.29 is 9.18 Å². The molecule has 1 aromatic rings. The third-order valence-corrected chi connectivity index (χ3v) is 3.15. The number of rotatable bonds is 3. The first-order valence-corrected chi connectivity index (χ1v) is 5.62. The van der Waals surface area contributed by atoms with Gasteiger partial charge in [-0.15, -0.1) is 0 Å². The van der Waals surface area contributed by atoms with E-state index in [4.69, 9.17) is 11.5 Å². The minimum atomic E-state index is -0.299. The number of carbonyl (C=O) groups is 1. The van der Waals surface area contributed by atoms with Gasteiger partial charge in [0.1, 0.15) is 5.82 Å². The van der Waals surface area contributed by atoms with E-state index >= 15 is 0 Å². The second-order valence-electron chi connectivity index (χ2n) is 4.47. The number of nitrogen functional groups attached to an aromatic ring is 1. The molecule has 1 unspecified atom stereocenters. The molecule has 4 nitrogen and oxygen atoms in total. The van der Waals surface area contributed by atoms with E-state index in [1.165, 1.54) is 6.07 Å². The molecule has 0 saturated carbocycles. The summed E-state index contributed by atoms with van der Waals surface area (Å²) in [5, 5.41) is 0. The monoisotopic (exact) mass is 237 g/mol. The first-order chi connectivity index (χ1) is 8.06. The van der Waals surface area contributed by atoms with Crippen LogP contribution in [0.15, 0.2) is 18.2 Å². The van der Waals surface area contributed by atoms with Gasteiger partial charge in [0.2, 0.25) is 5.91 Å². The molecular formula is C12H16FN3O. The van der Waals surface area contributed by atoms with Crippen molar-refractivity contribution in [3.8, 4) is 0 Å². The molecule has 1 amide bonds. The van der Waals surface area contributed by atoms with Gasteiger partial charge in [0, 0.05) is 24.3 Å². The molecule has 1 aliphatic heterocycles. The zero-order chi connectivity index (χ0) is 12.4. The minimum Gasteiger partial charge on any atom is -0.399 e. The summed E-state index contributed by atoms with van der Waals surface area (Å²) in [7, 11) is 0. The Morgan fingerprint density at radius 2 is 2.29 bits per heavy atom. The van der Waals surface area contributed by atoms with Gasteiger partial charge in [-0.25, -0.2) is 4.39 Å². The van der Waals surface area contributed by atoms with Gasteiger partial charge in [-0.1, -0.05) is 6.07 Å². The first kappa shape index (κ1) is 11.9. The number of amides is 1. The topological polar surface area (TPSA) is 72.4 Å². The second-order valence-corrected chi connectivity index (χ2v) is 4.47. The van der Waals surface area contributed by atoms with Gasteiger partial charge < -0.3 is 11.5 Å². The van der Waals surface area contributed by atoms with Gasteiger partial charge >= 0.3 is 0 Å². The summed E-state index contributed by atoms with van der Waals surface area (Å²) in [6, 6.07) is 4.68. The van der Waals surface area contributed by atoms with Crippen molar-refractivity contribution in [2.45, 2.75) is 13.0 Å². The largest absolute Gasteiger partial charge is 0.399 e. The third-order valence-electron chi connectivity index (χ3n) is 3.15. The van der Waals surface area contributed by atoms with Crippen molar-refractivity contribution in [3.63, 3.8) is 0 Å². The lowest BCUT2D eigenvalue weighted by Gasteiger charge is -2.15. The normalized spacial score (nSPS) is 20.6. The second kappa shape index (κ2) is 4.71. The lowest BCUT2D eigenvalue weighted by molar-refractivity contribution is -0.121. The molecule has 17 heavy (non-hydrogen) atoms. The molecule has 1 saturated heterocycles. The Labute approximate surface area is 99.4 Å². The highest BCUT2D eigenvalue weighted by molar-refractivity contribution is 5.77. The van der Waals surface area contributed by atoms with E-state index in [-0.39, 0.29) is 17.6 Å². The fraction of sp³-hybridized carbons (Fsp3) is 0.417. The highest BCUT2D eigenvalue weighted by Crippen LogP contribution is 2.20. The maximum Gasteiger partial charge on any atom is 0.221 e. The Morgan fingerprint density at radius 3 is 2.88 bits per heavy atom. The van der Waals surface area contributed by atoms with Gasteiger partial charge in [-0.05, 0) is 25.1 Å². The number of likely N-dealkylation sites (tertiary alicyclic amines) is 1. The predicted octanol–water partition coefficient (Wildman–Crippen LogP) is 0.715. The Bertz CT molecular complexity index is 436. The van der Waals surface area contributed by atoms with E-state index in [1.54, 1.807) is 12.1 Å². The van der Waals surface area contributed by atoms with Crippen LogP contribution in [0.4, 0.5) is 10.1 Å². The van der Waals surface area contributed by atoms with Gasteiger partial charge in [0.25, 0.3) is 0 Å². The summed E-state index contributed by atoms with van der Waals surface area (Å²) in [6.45, 7) is 1.88. The molecule has 5 heteroatoms. The van der Waals surface area contributed by atoms with E-state index in [0.717, 1.165) is 13.0 Å². The average molecular weight is 237 g/mol. The SMILES string of the molecule is NC(=O)C1CCN(Cc2ccc(N)cc2F)C1. The maximum absolute atomic E-state index is 13.6. The molecule has 0 bridgehead atoms. The average Bonchev–Trinajstić information content (AvgIpc) is 2.71. The number of nitrogens with two attached hydrogens (primary N) is 2. The lowest BCUT2D eigenvalue weighted by atomic mass is 10.1. The van der Waals surface area contributed by atoms with Gasteiger partial charge in [0.15, 0.2) is 0 Å². The molecule has 1 aromatic carbocycles. The zero-order valence-electron chi connectivity index (χ0n) is 9.53. The van der Waals surface area contributed by atoms with Crippen LogP contribution in [0.3, 0.4) is 0 Å². The summed E-state index contributed by atoms with van der Waals surface area (Å²) in [6.07, 6.45) is 0.756. The third kappa shape index (κ3) is 2.74. The van der Waals surface area contributed by atoms with Crippen molar-refractivity contribution in [1.29, 1.82) is 0 Å². The number of hydrogen-bond donors (Lipinski definition) is 2. The quantitative estimate of drug-likeness (QED) is 0.761.